The van der Waals surface area contributed by atoms with Gasteiger partial charge in [-0.3, -0.25) is 9.78 Å². The smallest absolute Gasteiger partial charge is 0.336 e. The van der Waals surface area contributed by atoms with E-state index in [1.807, 2.05) is 0 Å². The molecule has 27 heavy (non-hydrogen) atoms. The topological polar surface area (TPSA) is 105 Å². The fourth-order valence-corrected chi connectivity index (χ4v) is 3.44. The van der Waals surface area contributed by atoms with Crippen LogP contribution in [0.15, 0.2) is 34.3 Å². The van der Waals surface area contributed by atoms with Crippen LogP contribution < -0.4 is 20.3 Å². The number of benzene rings is 1. The molecule has 1 aliphatic rings. The van der Waals surface area contributed by atoms with Crippen molar-refractivity contribution in [1.82, 2.24) is 9.97 Å². The fraction of sp³-hybridized carbons (Fsp3) is 0.278. The van der Waals surface area contributed by atoms with E-state index in [-0.39, 0.29) is 4.77 Å². The molecule has 3 N–H and O–H groups in total. The summed E-state index contributed by atoms with van der Waals surface area (Å²) in [6.07, 6.45) is 0. The molecule has 1 aromatic heterocycles. The molecule has 0 amide bonds. The van der Waals surface area contributed by atoms with E-state index in [0.29, 0.717) is 39.7 Å². The molecule has 2 aromatic rings. The van der Waals surface area contributed by atoms with Crippen molar-refractivity contribution in [1.29, 1.82) is 0 Å². The van der Waals surface area contributed by atoms with Gasteiger partial charge >= 0.3 is 5.97 Å². The number of ether oxygens (including phenoxy) is 3. The lowest BCUT2D eigenvalue weighted by atomic mass is 9.81. The lowest BCUT2D eigenvalue weighted by Gasteiger charge is -2.29. The maximum Gasteiger partial charge on any atom is 0.336 e. The van der Waals surface area contributed by atoms with Crippen molar-refractivity contribution >= 4 is 24.0 Å². The lowest BCUT2D eigenvalue weighted by molar-refractivity contribution is -0.136. The number of esters is 1. The van der Waals surface area contributed by atoms with Crippen LogP contribution in [0.25, 0.3) is 0 Å². The average molecular weight is 389 g/mol. The first-order valence-electron chi connectivity index (χ1n) is 8.05. The van der Waals surface area contributed by atoms with Gasteiger partial charge < -0.3 is 24.5 Å². The molecular formula is C18H19N3O5S. The van der Waals surface area contributed by atoms with Crippen LogP contribution in [0.3, 0.4) is 0 Å². The van der Waals surface area contributed by atoms with Crippen LogP contribution in [-0.2, 0) is 9.53 Å². The first-order chi connectivity index (χ1) is 12.9. The summed E-state index contributed by atoms with van der Waals surface area (Å²) < 4.78 is 15.9. The summed E-state index contributed by atoms with van der Waals surface area (Å²) in [4.78, 5) is 30.8. The molecule has 142 valence electrons. The van der Waals surface area contributed by atoms with Gasteiger partial charge in [0.15, 0.2) is 4.77 Å². The summed E-state index contributed by atoms with van der Waals surface area (Å²) >= 11 is 5.07. The van der Waals surface area contributed by atoms with Gasteiger partial charge in [0.25, 0.3) is 5.56 Å². The monoisotopic (exact) mass is 389 g/mol. The molecule has 0 unspecified atom stereocenters. The molecule has 0 aliphatic carbocycles. The molecule has 0 radical (unpaired) electrons. The van der Waals surface area contributed by atoms with E-state index in [4.69, 9.17) is 26.4 Å². The molecule has 0 saturated heterocycles. The van der Waals surface area contributed by atoms with Crippen LogP contribution in [-0.4, -0.2) is 37.3 Å². The van der Waals surface area contributed by atoms with Crippen molar-refractivity contribution in [2.24, 2.45) is 0 Å². The molecule has 0 spiro atoms. The van der Waals surface area contributed by atoms with Gasteiger partial charge in [0.1, 0.15) is 17.3 Å². The molecule has 0 saturated carbocycles. The molecular weight excluding hydrogens is 370 g/mol. The van der Waals surface area contributed by atoms with E-state index < -0.39 is 17.4 Å². The van der Waals surface area contributed by atoms with Gasteiger partial charge in [0, 0.05) is 11.3 Å². The van der Waals surface area contributed by atoms with E-state index in [0.717, 1.165) is 0 Å². The fourth-order valence-electron chi connectivity index (χ4n) is 3.24. The Labute approximate surface area is 160 Å². The second-order valence-electron chi connectivity index (χ2n) is 5.89. The number of methoxy groups -OCH3 is 3. The second kappa shape index (κ2) is 7.28. The number of fused-ring (bicyclic) bond motifs is 1. The standard InChI is InChI=1S/C18H19N3O5S/c1-8-12(17(23)26-4)13(10-7-9(24-2)5-6-11(10)25-3)14-15(19-8)20-18(27)21-16(14)22/h5-7,13H,1-4H3,(H3,19,20,21,22,27)/t13-/m0/s1. The Balaban J connectivity index is 2.39. The lowest BCUT2D eigenvalue weighted by Crippen LogP contribution is -2.30. The number of anilines is 1. The number of hydrogen-bond acceptors (Lipinski definition) is 7. The zero-order valence-corrected chi connectivity index (χ0v) is 16.1. The highest BCUT2D eigenvalue weighted by Crippen LogP contribution is 2.43. The van der Waals surface area contributed by atoms with Crippen LogP contribution in [0.5, 0.6) is 11.5 Å². The Morgan fingerprint density at radius 2 is 1.89 bits per heavy atom. The minimum atomic E-state index is -0.741. The van der Waals surface area contributed by atoms with Gasteiger partial charge in [-0.25, -0.2) is 4.79 Å². The molecule has 1 aliphatic heterocycles. The van der Waals surface area contributed by atoms with Gasteiger partial charge in [-0.15, -0.1) is 0 Å². The summed E-state index contributed by atoms with van der Waals surface area (Å²) in [6.45, 7) is 1.73. The third-order valence-corrected chi connectivity index (χ3v) is 4.63. The van der Waals surface area contributed by atoms with Gasteiger partial charge in [-0.2, -0.15) is 0 Å². The molecule has 9 heteroatoms. The zero-order chi connectivity index (χ0) is 19.7. The first-order valence-corrected chi connectivity index (χ1v) is 8.46. The number of H-pyrrole nitrogens is 2. The van der Waals surface area contributed by atoms with E-state index in [1.165, 1.54) is 21.3 Å². The Bertz CT molecular complexity index is 1050. The van der Waals surface area contributed by atoms with Gasteiger partial charge in [0.05, 0.1) is 38.4 Å². The van der Waals surface area contributed by atoms with Crippen LogP contribution in [0, 0.1) is 4.77 Å². The quantitative estimate of drug-likeness (QED) is 0.545. The van der Waals surface area contributed by atoms with Gasteiger partial charge in [0.2, 0.25) is 0 Å². The van der Waals surface area contributed by atoms with Crippen molar-refractivity contribution in [3.05, 3.63) is 55.7 Å². The number of carbonyl (C=O) groups excluding carboxylic acids is 1. The van der Waals surface area contributed by atoms with Crippen molar-refractivity contribution in [2.75, 3.05) is 26.6 Å². The minimum absolute atomic E-state index is 0.178. The summed E-state index contributed by atoms with van der Waals surface area (Å²) in [7, 11) is 4.35. The molecule has 3 rings (SSSR count). The zero-order valence-electron chi connectivity index (χ0n) is 15.3. The third-order valence-electron chi connectivity index (χ3n) is 4.43. The summed E-state index contributed by atoms with van der Waals surface area (Å²) in [5, 5.41) is 3.04. The summed E-state index contributed by atoms with van der Waals surface area (Å²) in [5.41, 5.74) is 1.33. The van der Waals surface area contributed by atoms with E-state index in [1.54, 1.807) is 25.1 Å². The number of rotatable bonds is 4. The highest BCUT2D eigenvalue weighted by atomic mass is 32.1. The predicted octanol–water partition coefficient (Wildman–Crippen LogP) is 2.45. The Morgan fingerprint density at radius 1 is 1.15 bits per heavy atom. The normalized spacial score (nSPS) is 15.6. The number of nitrogens with one attached hydrogen (secondary N) is 3. The van der Waals surface area contributed by atoms with Crippen LogP contribution in [0.2, 0.25) is 0 Å². The number of aromatic amines is 2. The number of hydrogen-bond donors (Lipinski definition) is 3. The maximum atomic E-state index is 12.8. The number of aromatic nitrogens is 2. The Kier molecular flexibility index (Phi) is 5.04. The SMILES string of the molecule is COC(=O)C1=C(C)Nc2[nH]c(=S)[nH]c(=O)c2[C@H]1c1cc(OC)ccc1OC. The van der Waals surface area contributed by atoms with Crippen LogP contribution in [0.4, 0.5) is 5.82 Å². The molecule has 0 fully saturated rings. The molecule has 0 bridgehead atoms. The number of allylic oxidation sites excluding steroid dienone is 1. The predicted molar refractivity (Wildman–Crippen MR) is 102 cm³/mol. The molecule has 1 atom stereocenters. The maximum absolute atomic E-state index is 12.8. The van der Waals surface area contributed by atoms with E-state index >= 15 is 0 Å². The van der Waals surface area contributed by atoms with Crippen LogP contribution in [0.1, 0.15) is 24.0 Å². The summed E-state index contributed by atoms with van der Waals surface area (Å²) in [5.74, 6) is 0.193. The van der Waals surface area contributed by atoms with Gasteiger partial charge in [-0.1, -0.05) is 0 Å². The average Bonchev–Trinajstić information content (AvgIpc) is 2.65. The molecule has 1 aromatic carbocycles. The highest BCUT2D eigenvalue weighted by Gasteiger charge is 2.37. The largest absolute Gasteiger partial charge is 0.497 e. The third kappa shape index (κ3) is 3.21. The minimum Gasteiger partial charge on any atom is -0.497 e. The van der Waals surface area contributed by atoms with Crippen molar-refractivity contribution in [2.45, 2.75) is 12.8 Å². The van der Waals surface area contributed by atoms with E-state index in [9.17, 15) is 9.59 Å². The second-order valence-corrected chi connectivity index (χ2v) is 6.30. The Hall–Kier alpha value is -3.07. The number of carbonyl (C=O) groups is 1. The highest BCUT2D eigenvalue weighted by molar-refractivity contribution is 7.71. The van der Waals surface area contributed by atoms with Crippen molar-refractivity contribution < 1.29 is 19.0 Å². The van der Waals surface area contributed by atoms with E-state index in [2.05, 4.69) is 15.3 Å². The molecule has 8 nitrogen and oxygen atoms in total. The molecule has 2 heterocycles. The van der Waals surface area contributed by atoms with Gasteiger partial charge in [-0.05, 0) is 37.3 Å². The van der Waals surface area contributed by atoms with Crippen molar-refractivity contribution in [3.63, 3.8) is 0 Å². The van der Waals surface area contributed by atoms with Crippen LogP contribution >= 0.6 is 12.2 Å². The summed E-state index contributed by atoms with van der Waals surface area (Å²) in [6, 6.07) is 5.19. The first kappa shape index (κ1) is 18.7. The Morgan fingerprint density at radius 3 is 2.52 bits per heavy atom. The van der Waals surface area contributed by atoms with Crippen molar-refractivity contribution in [3.8, 4) is 11.5 Å².